The van der Waals surface area contributed by atoms with Crippen LogP contribution in [0.4, 0.5) is 0 Å². The van der Waals surface area contributed by atoms with E-state index in [0.717, 1.165) is 5.56 Å². The van der Waals surface area contributed by atoms with Gasteiger partial charge in [-0.2, -0.15) is 0 Å². The number of amides is 1. The molecule has 0 bridgehead atoms. The number of hydrogen-bond acceptors (Lipinski definition) is 5. The van der Waals surface area contributed by atoms with Gasteiger partial charge in [0.15, 0.2) is 6.61 Å². The van der Waals surface area contributed by atoms with Crippen molar-refractivity contribution < 1.29 is 24.2 Å². The third-order valence-electron chi connectivity index (χ3n) is 3.69. The summed E-state index contributed by atoms with van der Waals surface area (Å²) in [7, 11) is 0. The topological polar surface area (TPSA) is 76.1 Å². The summed E-state index contributed by atoms with van der Waals surface area (Å²) in [6, 6.07) is 7.07. The predicted molar refractivity (Wildman–Crippen MR) is 90.8 cm³/mol. The first-order valence-electron chi connectivity index (χ1n) is 8.27. The molecule has 0 spiro atoms. The Bertz CT molecular complexity index is 511. The van der Waals surface area contributed by atoms with E-state index >= 15 is 0 Å². The number of carbonyl (C=O) groups is 2. The van der Waals surface area contributed by atoms with Crippen molar-refractivity contribution in [3.63, 3.8) is 0 Å². The quantitative estimate of drug-likeness (QED) is 0.660. The lowest BCUT2D eigenvalue weighted by Gasteiger charge is -2.29. The van der Waals surface area contributed by atoms with E-state index in [2.05, 4.69) is 0 Å². The number of esters is 1. The van der Waals surface area contributed by atoms with Crippen LogP contribution in [-0.4, -0.2) is 54.3 Å². The fourth-order valence-corrected chi connectivity index (χ4v) is 2.27. The van der Waals surface area contributed by atoms with Crippen molar-refractivity contribution in [2.45, 2.75) is 39.7 Å². The van der Waals surface area contributed by atoms with Crippen LogP contribution in [0.1, 0.15) is 32.3 Å². The standard InChI is InChI=1S/C18H27NO5/c1-4-15(12-20)19(11-10-18(22)23-5-2)17(21)13-24-16-8-6-14(3)7-9-16/h6-9,15,20H,4-5,10-13H2,1-3H3. The molecule has 6 nitrogen and oxygen atoms in total. The summed E-state index contributed by atoms with van der Waals surface area (Å²) in [6.45, 7) is 5.80. The van der Waals surface area contributed by atoms with Crippen molar-refractivity contribution in [3.8, 4) is 5.75 Å². The van der Waals surface area contributed by atoms with Crippen LogP contribution in [0.2, 0.25) is 0 Å². The first-order chi connectivity index (χ1) is 11.5. The van der Waals surface area contributed by atoms with Crippen LogP contribution in [-0.2, 0) is 14.3 Å². The van der Waals surface area contributed by atoms with Crippen molar-refractivity contribution >= 4 is 11.9 Å². The number of benzene rings is 1. The summed E-state index contributed by atoms with van der Waals surface area (Å²) in [6.07, 6.45) is 0.691. The van der Waals surface area contributed by atoms with E-state index in [1.54, 1.807) is 19.1 Å². The highest BCUT2D eigenvalue weighted by molar-refractivity contribution is 5.79. The van der Waals surface area contributed by atoms with Gasteiger partial charge in [-0.15, -0.1) is 0 Å². The van der Waals surface area contributed by atoms with Crippen molar-refractivity contribution in [1.82, 2.24) is 4.90 Å². The van der Waals surface area contributed by atoms with E-state index < -0.39 is 0 Å². The van der Waals surface area contributed by atoms with Crippen LogP contribution < -0.4 is 4.74 Å². The number of aryl methyl sites for hydroxylation is 1. The molecule has 0 heterocycles. The van der Waals surface area contributed by atoms with Crippen LogP contribution in [0.15, 0.2) is 24.3 Å². The van der Waals surface area contributed by atoms with Crippen molar-refractivity contribution in [2.24, 2.45) is 0 Å². The molecule has 0 fully saturated rings. The zero-order chi connectivity index (χ0) is 17.9. The Balaban J connectivity index is 2.64. The van der Waals surface area contributed by atoms with Gasteiger partial charge >= 0.3 is 5.97 Å². The third kappa shape index (κ3) is 6.58. The fraction of sp³-hybridized carbons (Fsp3) is 0.556. The minimum atomic E-state index is -0.359. The summed E-state index contributed by atoms with van der Waals surface area (Å²) in [5.74, 6) is -0.0142. The highest BCUT2D eigenvalue weighted by Crippen LogP contribution is 2.12. The van der Waals surface area contributed by atoms with Gasteiger partial charge in [0.1, 0.15) is 5.75 Å². The molecular weight excluding hydrogens is 310 g/mol. The monoisotopic (exact) mass is 337 g/mol. The van der Waals surface area contributed by atoms with Crippen molar-refractivity contribution in [3.05, 3.63) is 29.8 Å². The third-order valence-corrected chi connectivity index (χ3v) is 3.69. The van der Waals surface area contributed by atoms with Gasteiger partial charge in [-0.3, -0.25) is 9.59 Å². The van der Waals surface area contributed by atoms with Gasteiger partial charge in [0, 0.05) is 6.54 Å². The lowest BCUT2D eigenvalue weighted by atomic mass is 10.2. The molecule has 1 N–H and O–H groups in total. The molecule has 0 aliphatic heterocycles. The number of nitrogens with zero attached hydrogens (tertiary/aromatic N) is 1. The summed E-state index contributed by atoms with van der Waals surface area (Å²) >= 11 is 0. The second-order valence-corrected chi connectivity index (χ2v) is 5.49. The van der Waals surface area contributed by atoms with E-state index in [1.165, 1.54) is 4.90 Å². The van der Waals surface area contributed by atoms with Gasteiger partial charge in [0.2, 0.25) is 0 Å². The summed E-state index contributed by atoms with van der Waals surface area (Å²) in [4.78, 5) is 25.5. The molecule has 1 rings (SSSR count). The normalized spacial score (nSPS) is 11.7. The Morgan fingerprint density at radius 3 is 2.42 bits per heavy atom. The molecule has 0 aliphatic rings. The maximum atomic E-state index is 12.5. The Hall–Kier alpha value is -2.08. The lowest BCUT2D eigenvalue weighted by Crippen LogP contribution is -2.45. The van der Waals surface area contributed by atoms with E-state index in [4.69, 9.17) is 9.47 Å². The van der Waals surface area contributed by atoms with Crippen LogP contribution in [0.25, 0.3) is 0 Å². The lowest BCUT2D eigenvalue weighted by molar-refractivity contribution is -0.145. The highest BCUT2D eigenvalue weighted by atomic mass is 16.5. The first kappa shape index (κ1) is 20.0. The SMILES string of the molecule is CCOC(=O)CCN(C(=O)COc1ccc(C)cc1)C(CC)CO. The second kappa shape index (κ2) is 10.6. The number of ether oxygens (including phenoxy) is 2. The van der Waals surface area contributed by atoms with E-state index in [0.29, 0.717) is 18.8 Å². The predicted octanol–water partition coefficient (Wildman–Crippen LogP) is 1.93. The molecule has 6 heteroatoms. The summed E-state index contributed by atoms with van der Waals surface area (Å²) in [5.41, 5.74) is 1.11. The maximum Gasteiger partial charge on any atom is 0.307 e. The average molecular weight is 337 g/mol. The largest absolute Gasteiger partial charge is 0.484 e. The van der Waals surface area contributed by atoms with E-state index in [9.17, 15) is 14.7 Å². The molecule has 134 valence electrons. The molecule has 1 aromatic carbocycles. The van der Waals surface area contributed by atoms with Gasteiger partial charge in [-0.05, 0) is 32.4 Å². The smallest absolute Gasteiger partial charge is 0.307 e. The maximum absolute atomic E-state index is 12.5. The number of carbonyl (C=O) groups excluding carboxylic acids is 2. The van der Waals surface area contributed by atoms with Gasteiger partial charge < -0.3 is 19.5 Å². The minimum Gasteiger partial charge on any atom is -0.484 e. The van der Waals surface area contributed by atoms with E-state index in [1.807, 2.05) is 26.0 Å². The summed E-state index contributed by atoms with van der Waals surface area (Å²) in [5, 5.41) is 9.48. The van der Waals surface area contributed by atoms with Crippen LogP contribution in [0.3, 0.4) is 0 Å². The molecule has 0 saturated carbocycles. The zero-order valence-corrected chi connectivity index (χ0v) is 14.7. The van der Waals surface area contributed by atoms with Gasteiger partial charge in [0.25, 0.3) is 5.91 Å². The highest BCUT2D eigenvalue weighted by Gasteiger charge is 2.23. The molecule has 24 heavy (non-hydrogen) atoms. The Morgan fingerprint density at radius 1 is 1.21 bits per heavy atom. The van der Waals surface area contributed by atoms with Crippen molar-refractivity contribution in [2.75, 3.05) is 26.4 Å². The summed E-state index contributed by atoms with van der Waals surface area (Å²) < 4.78 is 10.4. The number of rotatable bonds is 10. The molecule has 1 unspecified atom stereocenters. The van der Waals surface area contributed by atoms with Gasteiger partial charge in [0.05, 0.1) is 25.7 Å². The minimum absolute atomic E-state index is 0.0978. The number of aliphatic hydroxyl groups is 1. The second-order valence-electron chi connectivity index (χ2n) is 5.49. The van der Waals surface area contributed by atoms with Gasteiger partial charge in [-0.1, -0.05) is 24.6 Å². The van der Waals surface area contributed by atoms with Gasteiger partial charge in [-0.25, -0.2) is 0 Å². The molecule has 1 atom stereocenters. The average Bonchev–Trinajstić information content (AvgIpc) is 2.58. The molecule has 1 amide bonds. The first-order valence-corrected chi connectivity index (χ1v) is 8.27. The molecular formula is C18H27NO5. The molecule has 0 radical (unpaired) electrons. The Kier molecular flexibility index (Phi) is 8.86. The molecule has 0 aliphatic carbocycles. The van der Waals surface area contributed by atoms with Crippen LogP contribution >= 0.6 is 0 Å². The van der Waals surface area contributed by atoms with Crippen molar-refractivity contribution in [1.29, 1.82) is 0 Å². The molecule has 0 saturated heterocycles. The Morgan fingerprint density at radius 2 is 1.88 bits per heavy atom. The molecule has 0 aromatic heterocycles. The number of aliphatic hydroxyl groups excluding tert-OH is 1. The van der Waals surface area contributed by atoms with Crippen LogP contribution in [0, 0.1) is 6.92 Å². The fourth-order valence-electron chi connectivity index (χ4n) is 2.27. The number of hydrogen-bond donors (Lipinski definition) is 1. The molecule has 1 aromatic rings. The zero-order valence-electron chi connectivity index (χ0n) is 14.7. The van der Waals surface area contributed by atoms with E-state index in [-0.39, 0.29) is 44.1 Å². The Labute approximate surface area is 143 Å². The van der Waals surface area contributed by atoms with Crippen LogP contribution in [0.5, 0.6) is 5.75 Å².